The van der Waals surface area contributed by atoms with E-state index in [0.29, 0.717) is 0 Å². The zero-order valence-corrected chi connectivity index (χ0v) is 22.0. The summed E-state index contributed by atoms with van der Waals surface area (Å²) in [5.74, 6) is 0.215. The quantitative estimate of drug-likeness (QED) is 0.244. The Hall–Kier alpha value is -2.20. The fourth-order valence-corrected chi connectivity index (χ4v) is 8.50. The van der Waals surface area contributed by atoms with Crippen LogP contribution in [0.25, 0.3) is 21.8 Å². The number of Topliss-reactive ketones (excluding diaryl/α,β-unsaturated/α-hetero) is 2. The van der Waals surface area contributed by atoms with E-state index in [2.05, 4.69) is 37.5 Å². The maximum atomic E-state index is 13.0. The van der Waals surface area contributed by atoms with Gasteiger partial charge in [-0.1, -0.05) is 65.7 Å². The van der Waals surface area contributed by atoms with Crippen molar-refractivity contribution in [1.29, 1.82) is 0 Å². The standard InChI is InChI=1S/C28H39NO2Si/c1-8-32(9-2,10-3)17-11-16-29-25-14-12-21(20(4)30)18-23(25)24-19-22(13-15-26(24)29)27(31)28(5,6)7/h12-15,18-19H,8-11,16-17H2,1-7H3. The Morgan fingerprint density at radius 1 is 0.844 bits per heavy atom. The molecule has 1 aromatic heterocycles. The summed E-state index contributed by atoms with van der Waals surface area (Å²) in [7, 11) is -1.16. The van der Waals surface area contributed by atoms with Crippen LogP contribution in [-0.4, -0.2) is 24.2 Å². The van der Waals surface area contributed by atoms with E-state index in [1.165, 1.54) is 30.6 Å². The van der Waals surface area contributed by atoms with Gasteiger partial charge in [-0.2, -0.15) is 0 Å². The lowest BCUT2D eigenvalue weighted by Gasteiger charge is -2.28. The second-order valence-corrected chi connectivity index (χ2v) is 16.0. The Bertz CT molecular complexity index is 1140. The SMILES string of the molecule is CC[Si](CC)(CC)CCCn1c2ccc(C(C)=O)cc2c2cc(C(=O)C(C)(C)C)ccc21. The third kappa shape index (κ3) is 4.61. The first kappa shape index (κ1) is 24.4. The molecule has 172 valence electrons. The molecule has 3 nitrogen and oxygen atoms in total. The molecule has 4 heteroatoms. The van der Waals surface area contributed by atoms with Gasteiger partial charge in [-0.25, -0.2) is 0 Å². The van der Waals surface area contributed by atoms with Crippen molar-refractivity contribution < 1.29 is 9.59 Å². The van der Waals surface area contributed by atoms with Gasteiger partial charge in [0.05, 0.1) is 8.07 Å². The molecule has 3 aromatic rings. The van der Waals surface area contributed by atoms with Crippen LogP contribution in [-0.2, 0) is 6.54 Å². The molecular weight excluding hydrogens is 410 g/mol. The highest BCUT2D eigenvalue weighted by Crippen LogP contribution is 2.34. The summed E-state index contributed by atoms with van der Waals surface area (Å²) < 4.78 is 2.40. The monoisotopic (exact) mass is 449 g/mol. The molecule has 2 aromatic carbocycles. The maximum absolute atomic E-state index is 13.0. The molecule has 32 heavy (non-hydrogen) atoms. The first-order chi connectivity index (χ1) is 15.1. The highest BCUT2D eigenvalue weighted by molar-refractivity contribution is 6.79. The minimum Gasteiger partial charge on any atom is -0.340 e. The van der Waals surface area contributed by atoms with Gasteiger partial charge in [-0.15, -0.1) is 0 Å². The summed E-state index contributed by atoms with van der Waals surface area (Å²) in [5, 5.41) is 2.14. The van der Waals surface area contributed by atoms with Crippen molar-refractivity contribution in [2.24, 2.45) is 5.41 Å². The zero-order valence-electron chi connectivity index (χ0n) is 21.0. The van der Waals surface area contributed by atoms with Crippen LogP contribution in [0.1, 0.15) is 75.6 Å². The first-order valence-corrected chi connectivity index (χ1v) is 15.0. The van der Waals surface area contributed by atoms with E-state index in [1.807, 2.05) is 45.0 Å². The van der Waals surface area contributed by atoms with Crippen molar-refractivity contribution in [3.05, 3.63) is 47.5 Å². The molecule has 0 saturated carbocycles. The molecule has 3 rings (SSSR count). The predicted octanol–water partition coefficient (Wildman–Crippen LogP) is 8.12. The number of carbonyl (C=O) groups excluding carboxylic acids is 2. The minimum atomic E-state index is -1.16. The van der Waals surface area contributed by atoms with Crippen molar-refractivity contribution in [3.8, 4) is 0 Å². The number of aryl methyl sites for hydroxylation is 1. The van der Waals surface area contributed by atoms with Gasteiger partial charge in [0.25, 0.3) is 0 Å². The predicted molar refractivity (Wildman–Crippen MR) is 140 cm³/mol. The number of carbonyl (C=O) groups is 2. The lowest BCUT2D eigenvalue weighted by Crippen LogP contribution is -2.31. The third-order valence-electron chi connectivity index (χ3n) is 7.55. The molecule has 0 unspecified atom stereocenters. The number of rotatable bonds is 9. The Labute approximate surface area is 194 Å². The van der Waals surface area contributed by atoms with E-state index >= 15 is 0 Å². The van der Waals surface area contributed by atoms with Crippen molar-refractivity contribution >= 4 is 41.4 Å². The number of nitrogens with zero attached hydrogens (tertiary/aromatic N) is 1. The van der Waals surface area contributed by atoms with Gasteiger partial charge < -0.3 is 4.57 Å². The molecule has 1 heterocycles. The second-order valence-electron chi connectivity index (χ2n) is 10.4. The number of hydrogen-bond donors (Lipinski definition) is 0. The largest absolute Gasteiger partial charge is 0.340 e. The van der Waals surface area contributed by atoms with E-state index in [0.717, 1.165) is 39.5 Å². The van der Waals surface area contributed by atoms with Crippen molar-refractivity contribution in [2.45, 2.75) is 85.6 Å². The molecule has 0 amide bonds. The number of aromatic nitrogens is 1. The number of ketones is 2. The highest BCUT2D eigenvalue weighted by atomic mass is 28.3. The third-order valence-corrected chi connectivity index (χ3v) is 13.5. The average molecular weight is 450 g/mol. The minimum absolute atomic E-state index is 0.0688. The van der Waals surface area contributed by atoms with E-state index in [9.17, 15) is 9.59 Å². The van der Waals surface area contributed by atoms with Crippen LogP contribution < -0.4 is 0 Å². The van der Waals surface area contributed by atoms with Crippen molar-refractivity contribution in [3.63, 3.8) is 0 Å². The Kier molecular flexibility index (Phi) is 7.14. The summed E-state index contributed by atoms with van der Waals surface area (Å²) in [4.78, 5) is 25.0. The highest BCUT2D eigenvalue weighted by Gasteiger charge is 2.26. The molecule has 0 aliphatic rings. The number of hydrogen-bond acceptors (Lipinski definition) is 2. The normalized spacial score (nSPS) is 12.6. The summed E-state index contributed by atoms with van der Waals surface area (Å²) in [5.41, 5.74) is 3.35. The van der Waals surface area contributed by atoms with Crippen LogP contribution in [0.15, 0.2) is 36.4 Å². The van der Waals surface area contributed by atoms with Gasteiger partial charge in [0.15, 0.2) is 11.6 Å². The van der Waals surface area contributed by atoms with Gasteiger partial charge in [-0.05, 0) is 49.7 Å². The second kappa shape index (κ2) is 9.34. The molecule has 0 spiro atoms. The van der Waals surface area contributed by atoms with E-state index < -0.39 is 13.5 Å². The molecule has 0 aliphatic carbocycles. The Morgan fingerprint density at radius 3 is 1.81 bits per heavy atom. The number of fused-ring (bicyclic) bond motifs is 3. The van der Waals surface area contributed by atoms with Crippen LogP contribution in [0.3, 0.4) is 0 Å². The molecule has 0 N–H and O–H groups in total. The van der Waals surface area contributed by atoms with Crippen LogP contribution in [0.4, 0.5) is 0 Å². The molecule has 0 bridgehead atoms. The van der Waals surface area contributed by atoms with Crippen LogP contribution in [0.5, 0.6) is 0 Å². The summed E-state index contributed by atoms with van der Waals surface area (Å²) in [6, 6.07) is 17.6. The molecular formula is C28H39NO2Si. The molecule has 0 aliphatic heterocycles. The summed E-state index contributed by atoms with van der Waals surface area (Å²) in [6.45, 7) is 15.6. The summed E-state index contributed by atoms with van der Waals surface area (Å²) in [6.07, 6.45) is 1.18. The summed E-state index contributed by atoms with van der Waals surface area (Å²) >= 11 is 0. The number of benzene rings is 2. The Balaban J connectivity index is 2.10. The van der Waals surface area contributed by atoms with E-state index in [-0.39, 0.29) is 11.6 Å². The fourth-order valence-electron chi connectivity index (χ4n) is 5.03. The molecule has 0 radical (unpaired) electrons. The van der Waals surface area contributed by atoms with Gasteiger partial charge >= 0.3 is 0 Å². The fraction of sp³-hybridized carbons (Fsp3) is 0.500. The smallest absolute Gasteiger partial charge is 0.168 e. The van der Waals surface area contributed by atoms with Gasteiger partial charge in [-0.3, -0.25) is 9.59 Å². The van der Waals surface area contributed by atoms with E-state index in [4.69, 9.17) is 0 Å². The average Bonchev–Trinajstić information content (AvgIpc) is 3.08. The van der Waals surface area contributed by atoms with Crippen molar-refractivity contribution in [1.82, 2.24) is 4.57 Å². The van der Waals surface area contributed by atoms with Gasteiger partial charge in [0, 0.05) is 44.9 Å². The zero-order chi connectivity index (χ0) is 23.7. The Morgan fingerprint density at radius 2 is 1.34 bits per heavy atom. The van der Waals surface area contributed by atoms with Crippen LogP contribution >= 0.6 is 0 Å². The van der Waals surface area contributed by atoms with Crippen LogP contribution in [0.2, 0.25) is 24.2 Å². The molecule has 0 fully saturated rings. The maximum Gasteiger partial charge on any atom is 0.168 e. The molecule has 0 saturated heterocycles. The van der Waals surface area contributed by atoms with Gasteiger partial charge in [0.2, 0.25) is 0 Å². The lowest BCUT2D eigenvalue weighted by molar-refractivity contribution is 0.0858. The first-order valence-electron chi connectivity index (χ1n) is 12.2. The van der Waals surface area contributed by atoms with E-state index in [1.54, 1.807) is 6.92 Å². The molecule has 0 atom stereocenters. The van der Waals surface area contributed by atoms with Crippen LogP contribution in [0, 0.1) is 5.41 Å². The topological polar surface area (TPSA) is 39.1 Å². The van der Waals surface area contributed by atoms with Crippen molar-refractivity contribution in [2.75, 3.05) is 0 Å². The lowest BCUT2D eigenvalue weighted by atomic mass is 9.86. The van der Waals surface area contributed by atoms with Gasteiger partial charge in [0.1, 0.15) is 0 Å².